The average Bonchev–Trinajstić information content (AvgIpc) is 3.48. The quantitative estimate of drug-likeness (QED) is 0.510. The third kappa shape index (κ3) is 5.50. The number of rotatable bonds is 6. The molecule has 0 aromatic carbocycles. The first-order valence-electron chi connectivity index (χ1n) is 9.74. The van der Waals surface area contributed by atoms with E-state index in [0.29, 0.717) is 12.6 Å². The van der Waals surface area contributed by atoms with Gasteiger partial charge in [-0.3, -0.25) is 14.7 Å². The summed E-state index contributed by atoms with van der Waals surface area (Å²) >= 11 is 1.94. The molecule has 26 heavy (non-hydrogen) atoms. The fourth-order valence-corrected chi connectivity index (χ4v) is 4.38. The van der Waals surface area contributed by atoms with E-state index < -0.39 is 0 Å². The van der Waals surface area contributed by atoms with E-state index in [1.165, 1.54) is 0 Å². The third-order valence-corrected chi connectivity index (χ3v) is 7.02. The monoisotopic (exact) mass is 383 g/mol. The number of hydrogen-bond acceptors (Lipinski definition) is 5. The van der Waals surface area contributed by atoms with E-state index >= 15 is 0 Å². The Labute approximate surface area is 161 Å². The molecule has 3 fully saturated rings. The molecule has 1 amide bonds. The minimum absolute atomic E-state index is 0.171. The standard InChI is InChI=1S/C18H33N5O2S/c1-19-17(20-14-18(26-2)5-11-25-12-6-18)23-9-7-22(8-10-23)13-16(24)21-15-3-4-15/h15H,3-14H2,1-2H3,(H,19,20)(H,21,24). The highest BCUT2D eigenvalue weighted by Crippen LogP contribution is 2.33. The van der Waals surface area contributed by atoms with Crippen molar-refractivity contribution in [3.63, 3.8) is 0 Å². The Morgan fingerprint density at radius 3 is 2.50 bits per heavy atom. The summed E-state index contributed by atoms with van der Waals surface area (Å²) in [5.74, 6) is 1.15. The highest BCUT2D eigenvalue weighted by Gasteiger charge is 2.32. The summed E-state index contributed by atoms with van der Waals surface area (Å²) in [7, 11) is 1.85. The van der Waals surface area contributed by atoms with Gasteiger partial charge in [-0.15, -0.1) is 0 Å². The molecule has 0 atom stereocenters. The van der Waals surface area contributed by atoms with Crippen LogP contribution in [0.3, 0.4) is 0 Å². The fourth-order valence-electron chi connectivity index (χ4n) is 3.59. The summed E-state index contributed by atoms with van der Waals surface area (Å²) in [5, 5.41) is 6.66. The van der Waals surface area contributed by atoms with Crippen molar-refractivity contribution >= 4 is 23.6 Å². The molecule has 1 aliphatic carbocycles. The topological polar surface area (TPSA) is 69.2 Å². The molecule has 0 bridgehead atoms. The van der Waals surface area contributed by atoms with E-state index in [1.54, 1.807) is 0 Å². The van der Waals surface area contributed by atoms with Gasteiger partial charge in [0, 0.05) is 63.8 Å². The maximum Gasteiger partial charge on any atom is 0.234 e. The summed E-state index contributed by atoms with van der Waals surface area (Å²) in [6, 6.07) is 0.445. The Morgan fingerprint density at radius 2 is 1.92 bits per heavy atom. The van der Waals surface area contributed by atoms with Gasteiger partial charge >= 0.3 is 0 Å². The smallest absolute Gasteiger partial charge is 0.234 e. The number of nitrogens with one attached hydrogen (secondary N) is 2. The van der Waals surface area contributed by atoms with Crippen LogP contribution in [0.5, 0.6) is 0 Å². The highest BCUT2D eigenvalue weighted by molar-refractivity contribution is 8.00. The van der Waals surface area contributed by atoms with Gasteiger partial charge in [-0.1, -0.05) is 0 Å². The molecule has 0 unspecified atom stereocenters. The lowest BCUT2D eigenvalue weighted by Crippen LogP contribution is -2.55. The van der Waals surface area contributed by atoms with Crippen molar-refractivity contribution in [3.8, 4) is 0 Å². The fraction of sp³-hybridized carbons (Fsp3) is 0.889. The SMILES string of the molecule is CN=C(NCC1(SC)CCOCC1)N1CCN(CC(=O)NC2CC2)CC1. The van der Waals surface area contributed by atoms with E-state index in [-0.39, 0.29) is 10.7 Å². The molecule has 3 aliphatic rings. The average molecular weight is 384 g/mol. The summed E-state index contributed by atoms with van der Waals surface area (Å²) in [4.78, 5) is 21.0. The zero-order valence-corrected chi connectivity index (χ0v) is 16.9. The van der Waals surface area contributed by atoms with Crippen molar-refractivity contribution in [1.29, 1.82) is 0 Å². The first kappa shape index (κ1) is 19.8. The highest BCUT2D eigenvalue weighted by atomic mass is 32.2. The van der Waals surface area contributed by atoms with Gasteiger partial charge in [-0.2, -0.15) is 11.8 Å². The van der Waals surface area contributed by atoms with Crippen LogP contribution in [0.15, 0.2) is 4.99 Å². The van der Waals surface area contributed by atoms with Crippen molar-refractivity contribution < 1.29 is 9.53 Å². The van der Waals surface area contributed by atoms with Gasteiger partial charge < -0.3 is 20.3 Å². The summed E-state index contributed by atoms with van der Waals surface area (Å²) in [6.45, 7) is 6.77. The molecule has 2 aliphatic heterocycles. The normalized spacial score (nSPS) is 24.4. The molecule has 7 nitrogen and oxygen atoms in total. The molecule has 2 heterocycles. The molecule has 0 aromatic rings. The van der Waals surface area contributed by atoms with Crippen LogP contribution in [0.1, 0.15) is 25.7 Å². The number of nitrogens with zero attached hydrogens (tertiary/aromatic N) is 3. The molecule has 0 aromatic heterocycles. The minimum atomic E-state index is 0.171. The second-order valence-electron chi connectivity index (χ2n) is 7.51. The number of piperazine rings is 1. The van der Waals surface area contributed by atoms with E-state index in [0.717, 1.165) is 77.6 Å². The number of carbonyl (C=O) groups excluding carboxylic acids is 1. The largest absolute Gasteiger partial charge is 0.381 e. The van der Waals surface area contributed by atoms with Gasteiger partial charge in [0.2, 0.25) is 5.91 Å². The Hall–Kier alpha value is -0.990. The predicted octanol–water partition coefficient (Wildman–Crippen LogP) is 0.370. The summed E-state index contributed by atoms with van der Waals surface area (Å²) in [6.07, 6.45) is 6.65. The van der Waals surface area contributed by atoms with Gasteiger partial charge in [0.25, 0.3) is 0 Å². The van der Waals surface area contributed by atoms with Crippen LogP contribution in [0, 0.1) is 0 Å². The van der Waals surface area contributed by atoms with Crippen LogP contribution in [0.25, 0.3) is 0 Å². The van der Waals surface area contributed by atoms with Crippen molar-refractivity contribution in [2.75, 3.05) is 65.8 Å². The maximum absolute atomic E-state index is 12.0. The molecular formula is C18H33N5O2S. The number of amides is 1. The Balaban J connectivity index is 1.42. The van der Waals surface area contributed by atoms with Gasteiger partial charge in [0.15, 0.2) is 5.96 Å². The van der Waals surface area contributed by atoms with E-state index in [9.17, 15) is 4.79 Å². The van der Waals surface area contributed by atoms with E-state index in [2.05, 4.69) is 31.7 Å². The second-order valence-corrected chi connectivity index (χ2v) is 8.78. The van der Waals surface area contributed by atoms with Gasteiger partial charge in [0.05, 0.1) is 6.54 Å². The number of ether oxygens (including phenoxy) is 1. The molecule has 3 rings (SSSR count). The lowest BCUT2D eigenvalue weighted by Gasteiger charge is -2.39. The van der Waals surface area contributed by atoms with E-state index in [4.69, 9.17) is 4.74 Å². The summed E-state index contributed by atoms with van der Waals surface area (Å²) < 4.78 is 5.77. The Bertz CT molecular complexity index is 498. The molecule has 0 radical (unpaired) electrons. The van der Waals surface area contributed by atoms with E-state index in [1.807, 2.05) is 18.8 Å². The Kier molecular flexibility index (Phi) is 7.05. The zero-order valence-electron chi connectivity index (χ0n) is 16.1. The van der Waals surface area contributed by atoms with Gasteiger partial charge in [-0.05, 0) is 31.9 Å². The van der Waals surface area contributed by atoms with Gasteiger partial charge in [0.1, 0.15) is 0 Å². The third-order valence-electron chi connectivity index (χ3n) is 5.60. The number of thioether (sulfide) groups is 1. The van der Waals surface area contributed by atoms with Crippen LogP contribution in [0.4, 0.5) is 0 Å². The first-order valence-corrected chi connectivity index (χ1v) is 11.0. The van der Waals surface area contributed by atoms with Crippen molar-refractivity contribution in [2.45, 2.75) is 36.5 Å². The molecule has 148 valence electrons. The molecule has 0 spiro atoms. The Morgan fingerprint density at radius 1 is 1.23 bits per heavy atom. The molecule has 1 saturated carbocycles. The van der Waals surface area contributed by atoms with Crippen LogP contribution in [-0.4, -0.2) is 98.2 Å². The van der Waals surface area contributed by atoms with Crippen LogP contribution < -0.4 is 10.6 Å². The van der Waals surface area contributed by atoms with Crippen LogP contribution in [0.2, 0.25) is 0 Å². The zero-order chi connectivity index (χ0) is 18.4. The second kappa shape index (κ2) is 9.28. The lowest BCUT2D eigenvalue weighted by molar-refractivity contribution is -0.122. The van der Waals surface area contributed by atoms with Crippen molar-refractivity contribution in [3.05, 3.63) is 0 Å². The van der Waals surface area contributed by atoms with Crippen molar-refractivity contribution in [1.82, 2.24) is 20.4 Å². The van der Waals surface area contributed by atoms with Crippen LogP contribution >= 0.6 is 11.8 Å². The molecular weight excluding hydrogens is 350 g/mol. The molecule has 2 N–H and O–H groups in total. The number of hydrogen-bond donors (Lipinski definition) is 2. The summed E-state index contributed by atoms with van der Waals surface area (Å²) in [5.41, 5.74) is 0. The number of carbonyl (C=O) groups is 1. The van der Waals surface area contributed by atoms with Crippen molar-refractivity contribution in [2.24, 2.45) is 4.99 Å². The minimum Gasteiger partial charge on any atom is -0.381 e. The predicted molar refractivity (Wildman–Crippen MR) is 107 cm³/mol. The molecule has 8 heteroatoms. The molecule has 2 saturated heterocycles. The van der Waals surface area contributed by atoms with Crippen LogP contribution in [-0.2, 0) is 9.53 Å². The lowest BCUT2D eigenvalue weighted by atomic mass is 9.99. The maximum atomic E-state index is 12.0. The van der Waals surface area contributed by atoms with Gasteiger partial charge in [-0.25, -0.2) is 0 Å². The number of aliphatic imine (C=N–C) groups is 1. The number of guanidine groups is 1. The first-order chi connectivity index (χ1) is 12.6.